The smallest absolute Gasteiger partial charge is 0.230 e. The molecule has 25 heavy (non-hydrogen) atoms. The molecule has 2 rings (SSSR count). The third-order valence-electron chi connectivity index (χ3n) is 4.46. The van der Waals surface area contributed by atoms with Gasteiger partial charge in [-0.1, -0.05) is 13.8 Å². The van der Waals surface area contributed by atoms with Crippen LogP contribution in [0.1, 0.15) is 26.7 Å². The Morgan fingerprint density at radius 1 is 1.24 bits per heavy atom. The first kappa shape index (κ1) is 19.3. The fourth-order valence-corrected chi connectivity index (χ4v) is 4.27. The molecular weight excluding hydrogens is 342 g/mol. The third-order valence-corrected chi connectivity index (χ3v) is 5.84. The van der Waals surface area contributed by atoms with Crippen LogP contribution in [0.4, 0.5) is 5.69 Å². The molecule has 0 N–H and O–H groups in total. The van der Waals surface area contributed by atoms with E-state index in [9.17, 15) is 13.2 Å². The molecule has 0 aromatic heterocycles. The minimum absolute atomic E-state index is 0.0970. The molecule has 1 aliphatic rings. The second-order valence-electron chi connectivity index (χ2n) is 5.98. The first-order valence-electron chi connectivity index (χ1n) is 8.32. The van der Waals surface area contributed by atoms with E-state index >= 15 is 0 Å². The Kier molecular flexibility index (Phi) is 6.11. The summed E-state index contributed by atoms with van der Waals surface area (Å²) >= 11 is 0. The molecule has 7 heteroatoms. The lowest BCUT2D eigenvalue weighted by atomic mass is 10.00. The Balaban J connectivity index is 2.52. The highest BCUT2D eigenvalue weighted by molar-refractivity contribution is 7.94. The summed E-state index contributed by atoms with van der Waals surface area (Å²) in [6.07, 6.45) is 2.94. The summed E-state index contributed by atoms with van der Waals surface area (Å²) in [4.78, 5) is 14.7. The van der Waals surface area contributed by atoms with Crippen molar-refractivity contribution in [2.75, 3.05) is 24.9 Å². The predicted octanol–water partition coefficient (Wildman–Crippen LogP) is 2.78. The van der Waals surface area contributed by atoms with Crippen LogP contribution in [0.25, 0.3) is 0 Å². The van der Waals surface area contributed by atoms with Gasteiger partial charge in [-0.15, -0.1) is 0 Å². The first-order chi connectivity index (χ1) is 11.9. The number of carbonyl (C=O) groups excluding carboxylic acids is 1. The zero-order valence-corrected chi connectivity index (χ0v) is 15.9. The molecule has 0 spiro atoms. The summed E-state index contributed by atoms with van der Waals surface area (Å²) in [6.45, 7) is 3.91. The molecule has 0 bridgehead atoms. The maximum atomic E-state index is 13.1. The van der Waals surface area contributed by atoms with Crippen molar-refractivity contribution in [2.24, 2.45) is 5.92 Å². The lowest BCUT2D eigenvalue weighted by Crippen LogP contribution is -2.44. The zero-order valence-electron chi connectivity index (χ0n) is 15.1. The topological polar surface area (TPSA) is 72.9 Å². The summed E-state index contributed by atoms with van der Waals surface area (Å²) in [5, 5.41) is 1.18. The fraction of sp³-hybridized carbons (Fsp3) is 0.500. The van der Waals surface area contributed by atoms with Gasteiger partial charge in [0.25, 0.3) is 0 Å². The molecular formula is C18H25NO5S. The molecule has 1 amide bonds. The molecule has 0 saturated carbocycles. The SMILES string of the molecule is CCC(CC)C(=O)N(c1ccc(OC)cc1OC)C1C=CS(=O)(=O)C1. The van der Waals surface area contributed by atoms with E-state index in [0.717, 1.165) is 0 Å². The van der Waals surface area contributed by atoms with Crippen molar-refractivity contribution >= 4 is 21.4 Å². The standard InChI is InChI=1S/C18H25NO5S/c1-5-13(6-2)18(20)19(14-9-10-25(21,22)12-14)16-8-7-15(23-3)11-17(16)24-4/h7-11,13-14H,5-6,12H2,1-4H3. The highest BCUT2D eigenvalue weighted by atomic mass is 32.2. The van der Waals surface area contributed by atoms with Gasteiger partial charge in [-0.3, -0.25) is 4.79 Å². The van der Waals surface area contributed by atoms with E-state index in [1.807, 2.05) is 13.8 Å². The van der Waals surface area contributed by atoms with E-state index in [4.69, 9.17) is 9.47 Å². The van der Waals surface area contributed by atoms with Crippen molar-refractivity contribution in [2.45, 2.75) is 32.7 Å². The number of nitrogens with zero attached hydrogens (tertiary/aromatic N) is 1. The van der Waals surface area contributed by atoms with Gasteiger partial charge in [0.15, 0.2) is 9.84 Å². The number of benzene rings is 1. The number of sulfone groups is 1. The first-order valence-corrected chi connectivity index (χ1v) is 10.0. The Bertz CT molecular complexity index is 753. The average molecular weight is 367 g/mol. The lowest BCUT2D eigenvalue weighted by molar-refractivity contribution is -0.122. The Labute approximate surface area is 149 Å². The number of rotatable bonds is 7. The van der Waals surface area contributed by atoms with Gasteiger partial charge in [-0.05, 0) is 31.1 Å². The van der Waals surface area contributed by atoms with E-state index in [-0.39, 0.29) is 17.6 Å². The van der Waals surface area contributed by atoms with Crippen LogP contribution in [0.15, 0.2) is 29.7 Å². The molecule has 138 valence electrons. The van der Waals surface area contributed by atoms with Gasteiger partial charge in [0.05, 0.1) is 31.7 Å². The largest absolute Gasteiger partial charge is 0.497 e. The molecule has 0 saturated heterocycles. The molecule has 6 nitrogen and oxygen atoms in total. The van der Waals surface area contributed by atoms with Crippen LogP contribution in [0.3, 0.4) is 0 Å². The molecule has 1 heterocycles. The van der Waals surface area contributed by atoms with Gasteiger partial charge in [0.2, 0.25) is 5.91 Å². The van der Waals surface area contributed by atoms with Gasteiger partial charge >= 0.3 is 0 Å². The quantitative estimate of drug-likeness (QED) is 0.741. The third kappa shape index (κ3) is 4.15. The number of hydrogen-bond donors (Lipinski definition) is 0. The Morgan fingerprint density at radius 2 is 1.92 bits per heavy atom. The lowest BCUT2D eigenvalue weighted by Gasteiger charge is -2.32. The highest BCUT2D eigenvalue weighted by Crippen LogP contribution is 2.36. The predicted molar refractivity (Wildman–Crippen MR) is 97.8 cm³/mol. The Hall–Kier alpha value is -2.02. The summed E-state index contributed by atoms with van der Waals surface area (Å²) < 4.78 is 34.4. The van der Waals surface area contributed by atoms with Crippen LogP contribution < -0.4 is 14.4 Å². The second-order valence-corrected chi connectivity index (χ2v) is 7.92. The summed E-state index contributed by atoms with van der Waals surface area (Å²) in [5.41, 5.74) is 0.548. The van der Waals surface area contributed by atoms with Crippen LogP contribution in [-0.2, 0) is 14.6 Å². The monoisotopic (exact) mass is 367 g/mol. The molecule has 0 radical (unpaired) electrons. The summed E-state index contributed by atoms with van der Waals surface area (Å²) in [5.74, 6) is 0.679. The fourth-order valence-electron chi connectivity index (χ4n) is 3.00. The van der Waals surface area contributed by atoms with Gasteiger partial charge in [-0.25, -0.2) is 8.42 Å². The molecule has 1 aromatic carbocycles. The summed E-state index contributed by atoms with van der Waals surface area (Å²) in [7, 11) is -0.231. The van der Waals surface area contributed by atoms with Gasteiger partial charge in [0.1, 0.15) is 11.5 Å². The van der Waals surface area contributed by atoms with E-state index in [1.54, 1.807) is 36.3 Å². The second kappa shape index (κ2) is 7.91. The van der Waals surface area contributed by atoms with E-state index in [2.05, 4.69) is 0 Å². The van der Waals surface area contributed by atoms with E-state index in [0.29, 0.717) is 30.0 Å². The number of anilines is 1. The van der Waals surface area contributed by atoms with Crippen molar-refractivity contribution < 1.29 is 22.7 Å². The van der Waals surface area contributed by atoms with Gasteiger partial charge in [0, 0.05) is 17.4 Å². The summed E-state index contributed by atoms with van der Waals surface area (Å²) in [6, 6.07) is 4.62. The number of ether oxygens (including phenoxy) is 2. The molecule has 1 atom stereocenters. The number of carbonyl (C=O) groups is 1. The normalized spacial score (nSPS) is 18.4. The molecule has 0 fully saturated rings. The van der Waals surface area contributed by atoms with Crippen LogP contribution in [-0.4, -0.2) is 40.3 Å². The van der Waals surface area contributed by atoms with Crippen LogP contribution >= 0.6 is 0 Å². The van der Waals surface area contributed by atoms with Crippen LogP contribution in [0.5, 0.6) is 11.5 Å². The molecule has 1 aromatic rings. The van der Waals surface area contributed by atoms with Gasteiger partial charge in [-0.2, -0.15) is 0 Å². The van der Waals surface area contributed by atoms with Crippen LogP contribution in [0.2, 0.25) is 0 Å². The number of amides is 1. The van der Waals surface area contributed by atoms with E-state index < -0.39 is 15.9 Å². The number of methoxy groups -OCH3 is 2. The molecule has 0 aliphatic carbocycles. The van der Waals surface area contributed by atoms with Crippen molar-refractivity contribution in [1.29, 1.82) is 0 Å². The van der Waals surface area contributed by atoms with Crippen molar-refractivity contribution in [3.63, 3.8) is 0 Å². The van der Waals surface area contributed by atoms with Crippen molar-refractivity contribution in [3.8, 4) is 11.5 Å². The maximum absolute atomic E-state index is 13.1. The van der Waals surface area contributed by atoms with E-state index in [1.165, 1.54) is 12.5 Å². The molecule has 1 unspecified atom stereocenters. The van der Waals surface area contributed by atoms with Crippen molar-refractivity contribution in [1.82, 2.24) is 0 Å². The Morgan fingerprint density at radius 3 is 2.40 bits per heavy atom. The van der Waals surface area contributed by atoms with Gasteiger partial charge < -0.3 is 14.4 Å². The highest BCUT2D eigenvalue weighted by Gasteiger charge is 2.35. The van der Waals surface area contributed by atoms with Crippen LogP contribution in [0, 0.1) is 5.92 Å². The minimum Gasteiger partial charge on any atom is -0.497 e. The maximum Gasteiger partial charge on any atom is 0.230 e. The van der Waals surface area contributed by atoms with Crippen molar-refractivity contribution in [3.05, 3.63) is 29.7 Å². The minimum atomic E-state index is -3.29. The number of hydrogen-bond acceptors (Lipinski definition) is 5. The molecule has 1 aliphatic heterocycles. The zero-order chi connectivity index (χ0) is 18.6. The average Bonchev–Trinajstić information content (AvgIpc) is 2.96.